The van der Waals surface area contributed by atoms with Gasteiger partial charge < -0.3 is 4.52 Å². The van der Waals surface area contributed by atoms with Crippen molar-refractivity contribution < 1.29 is 22.5 Å². The van der Waals surface area contributed by atoms with Gasteiger partial charge in [0.25, 0.3) is 0 Å². The van der Waals surface area contributed by atoms with Crippen LogP contribution in [-0.2, 0) is 4.79 Å². The third-order valence-electron chi connectivity index (χ3n) is 2.57. The predicted octanol–water partition coefficient (Wildman–Crippen LogP) is 3.73. The standard InChI is InChI=1S/C12H8BrF3N2O2/c1-6(9(19)12(14,15)16)11-17-10(18-20-11)7-3-2-4-8(13)5-7/h2-6H,1H3. The van der Waals surface area contributed by atoms with E-state index in [0.29, 0.717) is 5.56 Å². The Morgan fingerprint density at radius 2 is 2.10 bits per heavy atom. The van der Waals surface area contributed by atoms with Crippen LogP contribution in [0.2, 0.25) is 0 Å². The first kappa shape index (κ1) is 14.7. The Kier molecular flexibility index (Phi) is 3.94. The number of carbonyl (C=O) groups excluding carboxylic acids is 1. The lowest BCUT2D eigenvalue weighted by Crippen LogP contribution is -2.27. The number of rotatable bonds is 3. The molecule has 0 amide bonds. The highest BCUT2D eigenvalue weighted by atomic mass is 79.9. The molecule has 0 bridgehead atoms. The summed E-state index contributed by atoms with van der Waals surface area (Å²) in [5, 5.41) is 3.59. The van der Waals surface area contributed by atoms with Crippen LogP contribution >= 0.6 is 15.9 Å². The van der Waals surface area contributed by atoms with E-state index in [1.54, 1.807) is 24.3 Å². The maximum atomic E-state index is 12.3. The van der Waals surface area contributed by atoms with Gasteiger partial charge in [-0.1, -0.05) is 33.2 Å². The molecule has 0 saturated carbocycles. The van der Waals surface area contributed by atoms with Crippen molar-refractivity contribution in [1.29, 1.82) is 0 Å². The summed E-state index contributed by atoms with van der Waals surface area (Å²) in [5.74, 6) is -3.67. The highest BCUT2D eigenvalue weighted by molar-refractivity contribution is 9.10. The van der Waals surface area contributed by atoms with E-state index in [-0.39, 0.29) is 11.7 Å². The van der Waals surface area contributed by atoms with Gasteiger partial charge in [-0.2, -0.15) is 18.2 Å². The predicted molar refractivity (Wildman–Crippen MR) is 66.9 cm³/mol. The Labute approximate surface area is 120 Å². The van der Waals surface area contributed by atoms with Gasteiger partial charge in [0.2, 0.25) is 17.5 Å². The molecule has 0 N–H and O–H groups in total. The Morgan fingerprint density at radius 1 is 1.40 bits per heavy atom. The first-order valence-corrected chi connectivity index (χ1v) is 6.29. The second-order valence-corrected chi connectivity index (χ2v) is 4.97. The van der Waals surface area contributed by atoms with Crippen molar-refractivity contribution >= 4 is 21.7 Å². The zero-order valence-corrected chi connectivity index (χ0v) is 11.7. The number of carbonyl (C=O) groups is 1. The molecule has 1 unspecified atom stereocenters. The summed E-state index contributed by atoms with van der Waals surface area (Å²) in [6.07, 6.45) is -4.93. The number of benzene rings is 1. The van der Waals surface area contributed by atoms with Crippen LogP contribution in [-0.4, -0.2) is 22.1 Å². The van der Waals surface area contributed by atoms with E-state index in [0.717, 1.165) is 11.4 Å². The number of ketones is 1. The number of Topliss-reactive ketones (excluding diaryl/α,β-unsaturated/α-hetero) is 1. The molecule has 0 aliphatic carbocycles. The van der Waals surface area contributed by atoms with E-state index in [1.165, 1.54) is 0 Å². The molecule has 1 atom stereocenters. The lowest BCUT2D eigenvalue weighted by atomic mass is 10.1. The second-order valence-electron chi connectivity index (χ2n) is 4.05. The first-order valence-electron chi connectivity index (χ1n) is 5.49. The number of nitrogens with zero attached hydrogens (tertiary/aromatic N) is 2. The van der Waals surface area contributed by atoms with Gasteiger partial charge in [0.1, 0.15) is 5.92 Å². The van der Waals surface area contributed by atoms with Gasteiger partial charge in [0.05, 0.1) is 0 Å². The van der Waals surface area contributed by atoms with Crippen molar-refractivity contribution in [3.63, 3.8) is 0 Å². The fourth-order valence-corrected chi connectivity index (χ4v) is 1.91. The van der Waals surface area contributed by atoms with Crippen LogP contribution in [0.5, 0.6) is 0 Å². The molecule has 0 aliphatic heterocycles. The summed E-state index contributed by atoms with van der Waals surface area (Å²) in [4.78, 5) is 14.9. The highest BCUT2D eigenvalue weighted by Gasteiger charge is 2.44. The number of halogens is 4. The summed E-state index contributed by atoms with van der Waals surface area (Å²) >= 11 is 3.26. The van der Waals surface area contributed by atoms with Crippen molar-refractivity contribution in [3.8, 4) is 11.4 Å². The molecule has 0 fully saturated rings. The SMILES string of the molecule is CC(C(=O)C(F)(F)F)c1nc(-c2cccc(Br)c2)no1. The third kappa shape index (κ3) is 3.06. The molecule has 1 aromatic carbocycles. The molecule has 2 aromatic rings. The fourth-order valence-electron chi connectivity index (χ4n) is 1.51. The summed E-state index contributed by atoms with van der Waals surface area (Å²) in [7, 11) is 0. The van der Waals surface area contributed by atoms with Gasteiger partial charge in [-0.25, -0.2) is 0 Å². The van der Waals surface area contributed by atoms with Crippen LogP contribution in [0.3, 0.4) is 0 Å². The van der Waals surface area contributed by atoms with E-state index < -0.39 is 17.9 Å². The molecule has 0 saturated heterocycles. The zero-order chi connectivity index (χ0) is 14.9. The average Bonchev–Trinajstić information content (AvgIpc) is 2.85. The minimum Gasteiger partial charge on any atom is -0.338 e. The Bertz CT molecular complexity index is 640. The summed E-state index contributed by atoms with van der Waals surface area (Å²) in [6, 6.07) is 6.86. The van der Waals surface area contributed by atoms with Crippen LogP contribution in [0, 0.1) is 0 Å². The molecule has 106 valence electrons. The van der Waals surface area contributed by atoms with E-state index in [1.807, 2.05) is 0 Å². The molecule has 1 aromatic heterocycles. The molecular formula is C12H8BrF3N2O2. The Balaban J connectivity index is 2.28. The lowest BCUT2D eigenvalue weighted by molar-refractivity contribution is -0.172. The number of alkyl halides is 3. The van der Waals surface area contributed by atoms with Crippen LogP contribution in [0.25, 0.3) is 11.4 Å². The van der Waals surface area contributed by atoms with E-state index in [9.17, 15) is 18.0 Å². The molecule has 8 heteroatoms. The van der Waals surface area contributed by atoms with Crippen LogP contribution in [0.15, 0.2) is 33.3 Å². The fraction of sp³-hybridized carbons (Fsp3) is 0.250. The van der Waals surface area contributed by atoms with E-state index in [2.05, 4.69) is 26.1 Å². The van der Waals surface area contributed by atoms with Gasteiger partial charge in [0.15, 0.2) is 0 Å². The lowest BCUT2D eigenvalue weighted by Gasteiger charge is -2.08. The maximum Gasteiger partial charge on any atom is 0.450 e. The van der Waals surface area contributed by atoms with Crippen LogP contribution in [0.1, 0.15) is 18.7 Å². The molecule has 0 radical (unpaired) electrons. The van der Waals surface area contributed by atoms with Crippen molar-refractivity contribution in [2.45, 2.75) is 19.0 Å². The van der Waals surface area contributed by atoms with Crippen LogP contribution in [0.4, 0.5) is 13.2 Å². The van der Waals surface area contributed by atoms with Crippen LogP contribution < -0.4 is 0 Å². The van der Waals surface area contributed by atoms with E-state index >= 15 is 0 Å². The average molecular weight is 349 g/mol. The molecule has 20 heavy (non-hydrogen) atoms. The quantitative estimate of drug-likeness (QED) is 0.847. The van der Waals surface area contributed by atoms with Crippen molar-refractivity contribution in [2.24, 2.45) is 0 Å². The summed E-state index contributed by atoms with van der Waals surface area (Å²) < 4.78 is 42.5. The van der Waals surface area contributed by atoms with Gasteiger partial charge >= 0.3 is 6.18 Å². The monoisotopic (exact) mass is 348 g/mol. The largest absolute Gasteiger partial charge is 0.450 e. The molecule has 1 heterocycles. The van der Waals surface area contributed by atoms with E-state index in [4.69, 9.17) is 4.52 Å². The second kappa shape index (κ2) is 5.35. The third-order valence-corrected chi connectivity index (χ3v) is 3.06. The van der Waals surface area contributed by atoms with Gasteiger partial charge in [-0.3, -0.25) is 4.79 Å². The summed E-state index contributed by atoms with van der Waals surface area (Å²) in [6.45, 7) is 1.08. The minimum atomic E-state index is -4.93. The highest BCUT2D eigenvalue weighted by Crippen LogP contribution is 2.28. The minimum absolute atomic E-state index is 0.128. The van der Waals surface area contributed by atoms with Crippen molar-refractivity contribution in [1.82, 2.24) is 10.1 Å². The van der Waals surface area contributed by atoms with Gasteiger partial charge in [-0.15, -0.1) is 0 Å². The Hall–Kier alpha value is -1.70. The zero-order valence-electron chi connectivity index (χ0n) is 10.1. The number of aromatic nitrogens is 2. The smallest absolute Gasteiger partial charge is 0.338 e. The summed E-state index contributed by atoms with van der Waals surface area (Å²) in [5.41, 5.74) is 0.570. The molecule has 4 nitrogen and oxygen atoms in total. The molecule has 0 aliphatic rings. The normalized spacial score (nSPS) is 13.2. The van der Waals surface area contributed by atoms with Gasteiger partial charge in [0, 0.05) is 10.0 Å². The number of hydrogen-bond donors (Lipinski definition) is 0. The van der Waals surface area contributed by atoms with Gasteiger partial charge in [-0.05, 0) is 19.1 Å². The molecular weight excluding hydrogens is 341 g/mol. The Morgan fingerprint density at radius 3 is 2.70 bits per heavy atom. The van der Waals surface area contributed by atoms with Crippen molar-refractivity contribution in [3.05, 3.63) is 34.6 Å². The number of hydrogen-bond acceptors (Lipinski definition) is 4. The topological polar surface area (TPSA) is 56.0 Å². The maximum absolute atomic E-state index is 12.3. The van der Waals surface area contributed by atoms with Crippen molar-refractivity contribution in [2.75, 3.05) is 0 Å². The first-order chi connectivity index (χ1) is 9.29. The molecule has 0 spiro atoms. The molecule has 2 rings (SSSR count).